The number of fused-ring (bicyclic) bond motifs is 1. The molecule has 0 saturated carbocycles. The minimum absolute atomic E-state index is 0.253. The summed E-state index contributed by atoms with van der Waals surface area (Å²) in [6.07, 6.45) is 3.62. The van der Waals surface area contributed by atoms with Gasteiger partial charge in [-0.15, -0.1) is 0 Å². The first kappa shape index (κ1) is 19.9. The molecule has 0 radical (unpaired) electrons. The summed E-state index contributed by atoms with van der Waals surface area (Å²) in [5, 5.41) is 5.43. The fraction of sp³-hybridized carbons (Fsp3) is 0.0714. The summed E-state index contributed by atoms with van der Waals surface area (Å²) in [5.41, 5.74) is 6.55. The maximum absolute atomic E-state index is 13.2. The lowest BCUT2D eigenvalue weighted by Crippen LogP contribution is -2.02. The molecule has 5 rings (SSSR count). The van der Waals surface area contributed by atoms with E-state index in [4.69, 9.17) is 0 Å². The molecule has 0 bridgehead atoms. The molecule has 0 spiro atoms. The zero-order valence-corrected chi connectivity index (χ0v) is 17.7. The number of aryl methyl sites for hydroxylation is 1. The Bertz CT molecular complexity index is 1380. The van der Waals surface area contributed by atoms with Gasteiger partial charge in [-0.05, 0) is 65.4 Å². The molecule has 2 aromatic heterocycles. The molecule has 1 N–H and O–H groups in total. The van der Waals surface area contributed by atoms with Crippen LogP contribution in [0.15, 0.2) is 97.3 Å². The summed E-state index contributed by atoms with van der Waals surface area (Å²) in [6, 6.07) is 27.5. The molecular formula is C28H22FN3. The molecule has 0 amide bonds. The Balaban J connectivity index is 1.34. The van der Waals surface area contributed by atoms with E-state index < -0.39 is 0 Å². The van der Waals surface area contributed by atoms with Crippen molar-refractivity contribution in [2.45, 2.75) is 13.5 Å². The zero-order valence-electron chi connectivity index (χ0n) is 17.7. The monoisotopic (exact) mass is 419 g/mol. The van der Waals surface area contributed by atoms with Crippen molar-refractivity contribution in [3.63, 3.8) is 0 Å². The number of nitrogens with one attached hydrogen (secondary N) is 1. The average molecular weight is 420 g/mol. The molecule has 4 heteroatoms. The first-order valence-corrected chi connectivity index (χ1v) is 10.6. The van der Waals surface area contributed by atoms with E-state index in [0.29, 0.717) is 6.54 Å². The molecule has 0 aliphatic rings. The fourth-order valence-electron chi connectivity index (χ4n) is 3.81. The van der Waals surface area contributed by atoms with Crippen molar-refractivity contribution in [1.82, 2.24) is 9.97 Å². The predicted molar refractivity (Wildman–Crippen MR) is 129 cm³/mol. The zero-order chi connectivity index (χ0) is 21.9. The maximum atomic E-state index is 13.2. The van der Waals surface area contributed by atoms with Gasteiger partial charge in [0, 0.05) is 29.9 Å². The predicted octanol–water partition coefficient (Wildman–Crippen LogP) is 7.02. The lowest BCUT2D eigenvalue weighted by molar-refractivity contribution is 0.628. The number of halogens is 1. The van der Waals surface area contributed by atoms with E-state index >= 15 is 0 Å². The largest absolute Gasteiger partial charge is 0.365 e. The van der Waals surface area contributed by atoms with Crippen molar-refractivity contribution in [3.05, 3.63) is 114 Å². The maximum Gasteiger partial charge on any atom is 0.135 e. The van der Waals surface area contributed by atoms with Crippen molar-refractivity contribution in [3.8, 4) is 22.4 Å². The summed E-state index contributed by atoms with van der Waals surface area (Å²) in [6.45, 7) is 2.77. The van der Waals surface area contributed by atoms with Crippen LogP contribution in [0.1, 0.15) is 11.1 Å². The van der Waals surface area contributed by atoms with E-state index in [-0.39, 0.29) is 5.82 Å². The number of hydrogen-bond donors (Lipinski definition) is 1. The first-order valence-electron chi connectivity index (χ1n) is 10.6. The van der Waals surface area contributed by atoms with Crippen LogP contribution in [0.5, 0.6) is 0 Å². The Labute approximate surface area is 186 Å². The minimum Gasteiger partial charge on any atom is -0.365 e. The van der Waals surface area contributed by atoms with Gasteiger partial charge in [0.2, 0.25) is 0 Å². The number of anilines is 1. The highest BCUT2D eigenvalue weighted by atomic mass is 19.1. The quantitative estimate of drug-likeness (QED) is 0.332. The van der Waals surface area contributed by atoms with Gasteiger partial charge in [0.1, 0.15) is 11.6 Å². The van der Waals surface area contributed by atoms with Crippen LogP contribution in [0.2, 0.25) is 0 Å². The van der Waals surface area contributed by atoms with Gasteiger partial charge in [-0.25, -0.2) is 9.37 Å². The Kier molecular flexibility index (Phi) is 5.34. The average Bonchev–Trinajstić information content (AvgIpc) is 2.83. The topological polar surface area (TPSA) is 37.8 Å². The van der Waals surface area contributed by atoms with Crippen molar-refractivity contribution in [2.24, 2.45) is 0 Å². The SMILES string of the molecule is Cc1cccc(-c2ccc(CNc3nccc4cc(-c5ccc(F)cc5)ncc34)cc2)c1. The molecule has 5 aromatic rings. The van der Waals surface area contributed by atoms with Gasteiger partial charge in [0.05, 0.1) is 5.69 Å². The van der Waals surface area contributed by atoms with Gasteiger partial charge in [-0.3, -0.25) is 4.98 Å². The van der Waals surface area contributed by atoms with Crippen molar-refractivity contribution in [1.29, 1.82) is 0 Å². The highest BCUT2D eigenvalue weighted by Gasteiger charge is 2.07. The highest BCUT2D eigenvalue weighted by Crippen LogP contribution is 2.26. The van der Waals surface area contributed by atoms with Crippen LogP contribution in [0, 0.1) is 12.7 Å². The molecule has 0 fully saturated rings. The van der Waals surface area contributed by atoms with Crippen LogP contribution < -0.4 is 5.32 Å². The Morgan fingerprint density at radius 3 is 2.34 bits per heavy atom. The molecule has 32 heavy (non-hydrogen) atoms. The van der Waals surface area contributed by atoms with Gasteiger partial charge < -0.3 is 5.32 Å². The van der Waals surface area contributed by atoms with Gasteiger partial charge in [0.15, 0.2) is 0 Å². The second kappa shape index (κ2) is 8.60. The minimum atomic E-state index is -0.253. The molecule has 0 aliphatic heterocycles. The van der Waals surface area contributed by atoms with Crippen LogP contribution in [0.3, 0.4) is 0 Å². The van der Waals surface area contributed by atoms with E-state index in [2.05, 4.69) is 70.7 Å². The number of pyridine rings is 2. The first-order chi connectivity index (χ1) is 15.7. The van der Waals surface area contributed by atoms with E-state index in [9.17, 15) is 4.39 Å². The number of nitrogens with zero attached hydrogens (tertiary/aromatic N) is 2. The number of hydrogen-bond acceptors (Lipinski definition) is 3. The summed E-state index contributed by atoms with van der Waals surface area (Å²) in [7, 11) is 0. The third-order valence-electron chi connectivity index (χ3n) is 5.55. The smallest absolute Gasteiger partial charge is 0.135 e. The van der Waals surface area contributed by atoms with Gasteiger partial charge in [0.25, 0.3) is 0 Å². The summed E-state index contributed by atoms with van der Waals surface area (Å²) in [5.74, 6) is 0.542. The van der Waals surface area contributed by atoms with Gasteiger partial charge in [-0.2, -0.15) is 0 Å². The summed E-state index contributed by atoms with van der Waals surface area (Å²) in [4.78, 5) is 9.08. The van der Waals surface area contributed by atoms with Crippen molar-refractivity contribution in [2.75, 3.05) is 5.32 Å². The molecular weight excluding hydrogens is 397 g/mol. The fourth-order valence-corrected chi connectivity index (χ4v) is 3.81. The molecule has 0 saturated heterocycles. The third-order valence-corrected chi connectivity index (χ3v) is 5.55. The van der Waals surface area contributed by atoms with Crippen molar-refractivity contribution >= 4 is 16.6 Å². The summed E-state index contributed by atoms with van der Waals surface area (Å²) < 4.78 is 13.2. The van der Waals surface area contributed by atoms with Crippen LogP contribution in [0.4, 0.5) is 10.2 Å². The molecule has 0 unspecified atom stereocenters. The van der Waals surface area contributed by atoms with Crippen LogP contribution in [0.25, 0.3) is 33.2 Å². The summed E-state index contributed by atoms with van der Waals surface area (Å²) >= 11 is 0. The number of benzene rings is 3. The lowest BCUT2D eigenvalue weighted by atomic mass is 10.0. The molecule has 0 atom stereocenters. The van der Waals surface area contributed by atoms with E-state index in [0.717, 1.165) is 27.8 Å². The van der Waals surface area contributed by atoms with E-state index in [1.807, 2.05) is 18.3 Å². The molecule has 2 heterocycles. The van der Waals surface area contributed by atoms with Crippen LogP contribution in [-0.4, -0.2) is 9.97 Å². The highest BCUT2D eigenvalue weighted by molar-refractivity contribution is 5.93. The van der Waals surface area contributed by atoms with Crippen LogP contribution >= 0.6 is 0 Å². The standard InChI is InChI=1S/C28H22FN3/c1-19-3-2-4-23(15-19)21-7-5-20(6-8-21)17-32-28-26-18-31-27(16-24(26)13-14-30-28)22-9-11-25(29)12-10-22/h2-16,18H,17H2,1H3,(H,30,32). The van der Waals surface area contributed by atoms with E-state index in [1.165, 1.54) is 34.4 Å². The second-order valence-electron chi connectivity index (χ2n) is 7.88. The Morgan fingerprint density at radius 1 is 0.781 bits per heavy atom. The molecule has 156 valence electrons. The number of aromatic nitrogens is 2. The van der Waals surface area contributed by atoms with Crippen molar-refractivity contribution < 1.29 is 4.39 Å². The Hall–Kier alpha value is -4.05. The number of rotatable bonds is 5. The molecule has 3 nitrogen and oxygen atoms in total. The van der Waals surface area contributed by atoms with Crippen LogP contribution in [-0.2, 0) is 6.54 Å². The second-order valence-corrected chi connectivity index (χ2v) is 7.88. The Morgan fingerprint density at radius 2 is 1.56 bits per heavy atom. The van der Waals surface area contributed by atoms with Gasteiger partial charge >= 0.3 is 0 Å². The molecule has 0 aliphatic carbocycles. The van der Waals surface area contributed by atoms with E-state index in [1.54, 1.807) is 18.3 Å². The van der Waals surface area contributed by atoms with Gasteiger partial charge in [-0.1, -0.05) is 54.1 Å². The molecule has 3 aromatic carbocycles. The normalized spacial score (nSPS) is 10.9. The third kappa shape index (κ3) is 4.21. The lowest BCUT2D eigenvalue weighted by Gasteiger charge is -2.10.